The van der Waals surface area contributed by atoms with Gasteiger partial charge >= 0.3 is 7.12 Å². The number of ether oxygens (including phenoxy) is 1. The summed E-state index contributed by atoms with van der Waals surface area (Å²) in [6, 6.07) is 7.00. The molecule has 2 aliphatic heterocycles. The van der Waals surface area contributed by atoms with Gasteiger partial charge in [0, 0.05) is 13.2 Å². The molecule has 2 saturated heterocycles. The van der Waals surface area contributed by atoms with Gasteiger partial charge in [0.25, 0.3) is 0 Å². The van der Waals surface area contributed by atoms with Gasteiger partial charge in [-0.15, -0.1) is 0 Å². The normalized spacial score (nSPS) is 26.8. The molecule has 0 bridgehead atoms. The van der Waals surface area contributed by atoms with Crippen molar-refractivity contribution < 1.29 is 14.0 Å². The Hall–Kier alpha value is -0.835. The van der Waals surface area contributed by atoms with Crippen LogP contribution in [0.4, 0.5) is 0 Å². The zero-order valence-corrected chi connectivity index (χ0v) is 15.4. The molecule has 0 atom stereocenters. The van der Waals surface area contributed by atoms with Crippen LogP contribution in [0.5, 0.6) is 0 Å². The maximum atomic E-state index is 6.34. The van der Waals surface area contributed by atoms with E-state index in [1.165, 1.54) is 29.4 Å². The highest BCUT2D eigenvalue weighted by Crippen LogP contribution is 2.42. The molecule has 4 heteroatoms. The van der Waals surface area contributed by atoms with Crippen LogP contribution in [0, 0.1) is 0 Å². The molecule has 1 saturated carbocycles. The van der Waals surface area contributed by atoms with Crippen molar-refractivity contribution in [1.82, 2.24) is 0 Å². The molecule has 1 aromatic carbocycles. The molecule has 1 aromatic rings. The molecule has 1 aliphatic carbocycles. The molecule has 3 aliphatic rings. The fourth-order valence-corrected chi connectivity index (χ4v) is 3.81. The molecule has 4 rings (SSSR count). The molecule has 0 aromatic heterocycles. The summed E-state index contributed by atoms with van der Waals surface area (Å²) in [5.41, 5.74) is 3.57. The maximum absolute atomic E-state index is 6.34. The van der Waals surface area contributed by atoms with Crippen molar-refractivity contribution in [3.8, 4) is 0 Å². The SMILES string of the molecule is CC1(C)OB(c2ccc(C3CC3)cc2C2CCOCC2)OC1(C)C. The summed E-state index contributed by atoms with van der Waals surface area (Å²) in [5, 5.41) is 0. The Kier molecular flexibility index (Phi) is 4.06. The second-order valence-corrected chi connectivity index (χ2v) is 8.64. The van der Waals surface area contributed by atoms with Crippen molar-refractivity contribution in [2.75, 3.05) is 13.2 Å². The predicted octanol–water partition coefficient (Wildman–Crippen LogP) is 3.76. The average molecular weight is 328 g/mol. The Morgan fingerprint density at radius 3 is 2.08 bits per heavy atom. The van der Waals surface area contributed by atoms with E-state index in [-0.39, 0.29) is 18.3 Å². The van der Waals surface area contributed by atoms with E-state index in [4.69, 9.17) is 14.0 Å². The van der Waals surface area contributed by atoms with Crippen molar-refractivity contribution in [2.45, 2.75) is 76.4 Å². The second-order valence-electron chi connectivity index (χ2n) is 8.64. The number of rotatable bonds is 3. The van der Waals surface area contributed by atoms with Gasteiger partial charge in [0.2, 0.25) is 0 Å². The first-order chi connectivity index (χ1) is 11.4. The Bertz CT molecular complexity index is 599. The fraction of sp³-hybridized carbons (Fsp3) is 0.700. The van der Waals surface area contributed by atoms with Gasteiger partial charge in [0.1, 0.15) is 0 Å². The first kappa shape index (κ1) is 16.6. The Balaban J connectivity index is 1.69. The topological polar surface area (TPSA) is 27.7 Å². The molecule has 0 radical (unpaired) electrons. The van der Waals surface area contributed by atoms with Crippen LogP contribution in [0.2, 0.25) is 0 Å². The van der Waals surface area contributed by atoms with Gasteiger partial charge in [0.05, 0.1) is 11.2 Å². The second kappa shape index (κ2) is 5.86. The molecule has 24 heavy (non-hydrogen) atoms. The molecule has 0 amide bonds. The first-order valence-corrected chi connectivity index (χ1v) is 9.44. The molecule has 0 unspecified atom stereocenters. The fourth-order valence-electron chi connectivity index (χ4n) is 3.81. The number of hydrogen-bond acceptors (Lipinski definition) is 3. The Morgan fingerprint density at radius 2 is 1.50 bits per heavy atom. The lowest BCUT2D eigenvalue weighted by atomic mass is 9.71. The van der Waals surface area contributed by atoms with E-state index in [1.54, 1.807) is 0 Å². The van der Waals surface area contributed by atoms with Crippen LogP contribution in [-0.2, 0) is 14.0 Å². The molecule has 0 N–H and O–H groups in total. The van der Waals surface area contributed by atoms with E-state index in [9.17, 15) is 0 Å². The van der Waals surface area contributed by atoms with E-state index in [1.807, 2.05) is 0 Å². The van der Waals surface area contributed by atoms with Crippen molar-refractivity contribution in [2.24, 2.45) is 0 Å². The van der Waals surface area contributed by atoms with Gasteiger partial charge in [-0.25, -0.2) is 0 Å². The van der Waals surface area contributed by atoms with E-state index in [0.29, 0.717) is 5.92 Å². The van der Waals surface area contributed by atoms with Crippen LogP contribution in [-0.4, -0.2) is 31.5 Å². The third-order valence-electron chi connectivity index (χ3n) is 6.33. The summed E-state index contributed by atoms with van der Waals surface area (Å²) in [4.78, 5) is 0. The van der Waals surface area contributed by atoms with Crippen LogP contribution < -0.4 is 5.46 Å². The molecule has 3 fully saturated rings. The maximum Gasteiger partial charge on any atom is 0.495 e. The molecule has 0 spiro atoms. The standard InChI is InChI=1S/C20H29BO3/c1-19(2)20(3,4)24-21(23-19)18-8-7-16(14-5-6-14)13-17(18)15-9-11-22-12-10-15/h7-8,13-15H,5-6,9-12H2,1-4H3. The van der Waals surface area contributed by atoms with Crippen LogP contribution >= 0.6 is 0 Å². The minimum absolute atomic E-state index is 0.263. The average Bonchev–Trinajstić information content (AvgIpc) is 3.36. The highest BCUT2D eigenvalue weighted by Gasteiger charge is 2.52. The molecule has 2 heterocycles. The van der Waals surface area contributed by atoms with Crippen LogP contribution in [0.25, 0.3) is 0 Å². The lowest BCUT2D eigenvalue weighted by Crippen LogP contribution is -2.41. The molecule has 3 nitrogen and oxygen atoms in total. The van der Waals surface area contributed by atoms with Gasteiger partial charge in [0.15, 0.2) is 0 Å². The Morgan fingerprint density at radius 1 is 0.875 bits per heavy atom. The van der Waals surface area contributed by atoms with Crippen LogP contribution in [0.3, 0.4) is 0 Å². The summed E-state index contributed by atoms with van der Waals surface area (Å²) in [5.74, 6) is 1.34. The monoisotopic (exact) mass is 328 g/mol. The van der Waals surface area contributed by atoms with Gasteiger partial charge in [-0.2, -0.15) is 0 Å². The zero-order chi connectivity index (χ0) is 16.9. The van der Waals surface area contributed by atoms with Gasteiger partial charge < -0.3 is 14.0 Å². The summed E-state index contributed by atoms with van der Waals surface area (Å²) in [6.07, 6.45) is 4.87. The van der Waals surface area contributed by atoms with Gasteiger partial charge in [-0.1, -0.05) is 18.2 Å². The van der Waals surface area contributed by atoms with Crippen LogP contribution in [0.1, 0.15) is 76.3 Å². The quantitative estimate of drug-likeness (QED) is 0.791. The van der Waals surface area contributed by atoms with Gasteiger partial charge in [-0.05, 0) is 81.8 Å². The number of hydrogen-bond donors (Lipinski definition) is 0. The lowest BCUT2D eigenvalue weighted by molar-refractivity contribution is 0.00578. The van der Waals surface area contributed by atoms with E-state index in [2.05, 4.69) is 45.9 Å². The number of benzene rings is 1. The van der Waals surface area contributed by atoms with Crippen molar-refractivity contribution >= 4 is 12.6 Å². The highest BCUT2D eigenvalue weighted by molar-refractivity contribution is 6.62. The molecular weight excluding hydrogens is 299 g/mol. The highest BCUT2D eigenvalue weighted by atomic mass is 16.7. The molecular formula is C20H29BO3. The van der Waals surface area contributed by atoms with Gasteiger partial charge in [-0.3, -0.25) is 0 Å². The predicted molar refractivity (Wildman–Crippen MR) is 96.9 cm³/mol. The third kappa shape index (κ3) is 2.93. The zero-order valence-electron chi connectivity index (χ0n) is 15.4. The van der Waals surface area contributed by atoms with Crippen LogP contribution in [0.15, 0.2) is 18.2 Å². The first-order valence-electron chi connectivity index (χ1n) is 9.44. The largest absolute Gasteiger partial charge is 0.495 e. The summed E-state index contributed by atoms with van der Waals surface area (Å²) >= 11 is 0. The molecule has 130 valence electrons. The summed E-state index contributed by atoms with van der Waals surface area (Å²) in [7, 11) is -0.263. The Labute approximate surface area is 146 Å². The summed E-state index contributed by atoms with van der Waals surface area (Å²) < 4.78 is 18.3. The summed E-state index contributed by atoms with van der Waals surface area (Å²) in [6.45, 7) is 10.2. The van der Waals surface area contributed by atoms with Crippen molar-refractivity contribution in [3.63, 3.8) is 0 Å². The minimum atomic E-state index is -0.292. The van der Waals surface area contributed by atoms with Crippen molar-refractivity contribution in [3.05, 3.63) is 29.3 Å². The van der Waals surface area contributed by atoms with E-state index >= 15 is 0 Å². The lowest BCUT2D eigenvalue weighted by Gasteiger charge is -2.32. The third-order valence-corrected chi connectivity index (χ3v) is 6.33. The van der Waals surface area contributed by atoms with E-state index < -0.39 is 0 Å². The minimum Gasteiger partial charge on any atom is -0.399 e. The van der Waals surface area contributed by atoms with E-state index in [0.717, 1.165) is 32.0 Å². The van der Waals surface area contributed by atoms with Crippen molar-refractivity contribution in [1.29, 1.82) is 0 Å². The smallest absolute Gasteiger partial charge is 0.399 e.